The number of sulfone groups is 2. The standard InChI is InChI=1S/C21H27NO5S2/c1-15(2)27-18-8-10-19(11-9-18)29(25,26)21-14-28(23,24)13-20(21)22-12-17-6-4-16(3)5-7-17/h4-11,15,20-22H,12-14H2,1-3H3/t20-,21-/m0/s1. The minimum absolute atomic E-state index is 0.0206. The molecule has 1 heterocycles. The molecule has 0 radical (unpaired) electrons. The van der Waals surface area contributed by atoms with E-state index in [1.165, 1.54) is 12.1 Å². The fourth-order valence-electron chi connectivity index (χ4n) is 3.42. The maximum absolute atomic E-state index is 13.2. The Morgan fingerprint density at radius 2 is 1.66 bits per heavy atom. The summed E-state index contributed by atoms with van der Waals surface area (Å²) in [4.78, 5) is 0.109. The summed E-state index contributed by atoms with van der Waals surface area (Å²) < 4.78 is 56.4. The van der Waals surface area contributed by atoms with Crippen molar-refractivity contribution in [3.8, 4) is 5.75 Å². The molecule has 0 spiro atoms. The van der Waals surface area contributed by atoms with Crippen LogP contribution in [0.4, 0.5) is 0 Å². The maximum Gasteiger partial charge on any atom is 0.183 e. The van der Waals surface area contributed by atoms with E-state index in [1.54, 1.807) is 12.1 Å². The van der Waals surface area contributed by atoms with Crippen LogP contribution in [-0.4, -0.2) is 45.7 Å². The predicted molar refractivity (Wildman–Crippen MR) is 114 cm³/mol. The Morgan fingerprint density at radius 1 is 1.03 bits per heavy atom. The van der Waals surface area contributed by atoms with Crippen molar-refractivity contribution >= 4 is 19.7 Å². The summed E-state index contributed by atoms with van der Waals surface area (Å²) in [5, 5.41) is 2.13. The summed E-state index contributed by atoms with van der Waals surface area (Å²) in [6.07, 6.45) is -0.0206. The van der Waals surface area contributed by atoms with Crippen molar-refractivity contribution in [1.82, 2.24) is 5.32 Å². The summed E-state index contributed by atoms with van der Waals surface area (Å²) in [6, 6.07) is 13.3. The molecule has 158 valence electrons. The Balaban J connectivity index is 1.80. The van der Waals surface area contributed by atoms with E-state index in [4.69, 9.17) is 4.74 Å². The highest BCUT2D eigenvalue weighted by Crippen LogP contribution is 2.27. The summed E-state index contributed by atoms with van der Waals surface area (Å²) in [7, 11) is -7.25. The van der Waals surface area contributed by atoms with E-state index >= 15 is 0 Å². The third-order valence-corrected chi connectivity index (χ3v) is 9.08. The number of rotatable bonds is 7. The molecule has 6 nitrogen and oxygen atoms in total. The van der Waals surface area contributed by atoms with E-state index < -0.39 is 31.0 Å². The van der Waals surface area contributed by atoms with E-state index in [-0.39, 0.29) is 22.5 Å². The molecule has 0 unspecified atom stereocenters. The second kappa shape index (κ2) is 8.45. The highest BCUT2D eigenvalue weighted by Gasteiger charge is 2.45. The van der Waals surface area contributed by atoms with Gasteiger partial charge < -0.3 is 10.1 Å². The number of hydrogen-bond acceptors (Lipinski definition) is 6. The van der Waals surface area contributed by atoms with Gasteiger partial charge in [0.1, 0.15) is 5.75 Å². The van der Waals surface area contributed by atoms with Crippen LogP contribution in [-0.2, 0) is 26.2 Å². The van der Waals surface area contributed by atoms with Crippen molar-refractivity contribution in [2.75, 3.05) is 11.5 Å². The first-order valence-corrected chi connectivity index (χ1v) is 12.9. The molecule has 1 aliphatic heterocycles. The zero-order chi connectivity index (χ0) is 21.2. The lowest BCUT2D eigenvalue weighted by Crippen LogP contribution is -2.43. The zero-order valence-electron chi connectivity index (χ0n) is 16.8. The average Bonchev–Trinajstić information content (AvgIpc) is 2.97. The zero-order valence-corrected chi connectivity index (χ0v) is 18.5. The summed E-state index contributed by atoms with van der Waals surface area (Å²) in [5.74, 6) is 0.0228. The summed E-state index contributed by atoms with van der Waals surface area (Å²) in [5.41, 5.74) is 2.11. The van der Waals surface area contributed by atoms with Crippen LogP contribution in [0.1, 0.15) is 25.0 Å². The first-order valence-electron chi connectivity index (χ1n) is 9.57. The third kappa shape index (κ3) is 5.38. The molecule has 0 aliphatic carbocycles. The van der Waals surface area contributed by atoms with Crippen LogP contribution < -0.4 is 10.1 Å². The highest BCUT2D eigenvalue weighted by atomic mass is 32.2. The monoisotopic (exact) mass is 437 g/mol. The van der Waals surface area contributed by atoms with Gasteiger partial charge in [-0.05, 0) is 50.6 Å². The van der Waals surface area contributed by atoms with Gasteiger partial charge in [0.2, 0.25) is 0 Å². The molecule has 2 aromatic carbocycles. The van der Waals surface area contributed by atoms with Gasteiger partial charge in [-0.15, -0.1) is 0 Å². The second-order valence-corrected chi connectivity index (χ2v) is 12.1. The molecule has 2 atom stereocenters. The molecule has 2 aromatic rings. The molecule has 0 aromatic heterocycles. The van der Waals surface area contributed by atoms with Crippen molar-refractivity contribution in [3.05, 3.63) is 59.7 Å². The number of hydrogen-bond donors (Lipinski definition) is 1. The van der Waals surface area contributed by atoms with Crippen molar-refractivity contribution in [3.63, 3.8) is 0 Å². The summed E-state index contributed by atoms with van der Waals surface area (Å²) >= 11 is 0. The van der Waals surface area contributed by atoms with Crippen LogP contribution in [0.2, 0.25) is 0 Å². The van der Waals surface area contributed by atoms with Crippen molar-refractivity contribution in [2.45, 2.75) is 49.6 Å². The van der Waals surface area contributed by atoms with E-state index in [0.29, 0.717) is 12.3 Å². The minimum Gasteiger partial charge on any atom is -0.491 e. The van der Waals surface area contributed by atoms with Gasteiger partial charge in [0.25, 0.3) is 0 Å². The van der Waals surface area contributed by atoms with Crippen LogP contribution in [0.15, 0.2) is 53.4 Å². The maximum atomic E-state index is 13.2. The third-order valence-electron chi connectivity index (χ3n) is 4.91. The first-order chi connectivity index (χ1) is 13.6. The van der Waals surface area contributed by atoms with Crippen LogP contribution in [0.25, 0.3) is 0 Å². The Hall–Kier alpha value is -1.90. The van der Waals surface area contributed by atoms with E-state index in [2.05, 4.69) is 5.32 Å². The predicted octanol–water partition coefficient (Wildman–Crippen LogP) is 2.51. The molecule has 1 fully saturated rings. The molecule has 8 heteroatoms. The van der Waals surface area contributed by atoms with Gasteiger partial charge in [-0.1, -0.05) is 29.8 Å². The van der Waals surface area contributed by atoms with Gasteiger partial charge in [-0.3, -0.25) is 0 Å². The number of nitrogens with one attached hydrogen (secondary N) is 1. The normalized spacial score (nSPS) is 21.4. The Bertz CT molecular complexity index is 1040. The average molecular weight is 438 g/mol. The largest absolute Gasteiger partial charge is 0.491 e. The minimum atomic E-state index is -3.81. The van der Waals surface area contributed by atoms with E-state index in [0.717, 1.165) is 11.1 Å². The van der Waals surface area contributed by atoms with Crippen molar-refractivity contribution in [1.29, 1.82) is 0 Å². The molecule has 1 aliphatic rings. The molecule has 0 bridgehead atoms. The fourth-order valence-corrected chi connectivity index (χ4v) is 8.14. The Labute approximate surface area is 173 Å². The van der Waals surface area contributed by atoms with Crippen LogP contribution in [0.3, 0.4) is 0 Å². The lowest BCUT2D eigenvalue weighted by atomic mass is 10.1. The van der Waals surface area contributed by atoms with Gasteiger partial charge in [-0.2, -0.15) is 0 Å². The topological polar surface area (TPSA) is 89.5 Å². The van der Waals surface area contributed by atoms with Gasteiger partial charge in [0.05, 0.1) is 27.8 Å². The van der Waals surface area contributed by atoms with E-state index in [1.807, 2.05) is 45.0 Å². The second-order valence-electron chi connectivity index (χ2n) is 7.77. The fraction of sp³-hybridized carbons (Fsp3) is 0.429. The quantitative estimate of drug-likeness (QED) is 0.716. The van der Waals surface area contributed by atoms with Gasteiger partial charge >= 0.3 is 0 Å². The van der Waals surface area contributed by atoms with Crippen LogP contribution in [0, 0.1) is 6.92 Å². The van der Waals surface area contributed by atoms with Crippen LogP contribution >= 0.6 is 0 Å². The van der Waals surface area contributed by atoms with Crippen LogP contribution in [0.5, 0.6) is 5.75 Å². The molecular weight excluding hydrogens is 410 g/mol. The number of ether oxygens (including phenoxy) is 1. The van der Waals surface area contributed by atoms with Gasteiger partial charge in [0.15, 0.2) is 19.7 Å². The lowest BCUT2D eigenvalue weighted by molar-refractivity contribution is 0.242. The Morgan fingerprint density at radius 3 is 2.24 bits per heavy atom. The molecule has 0 saturated carbocycles. The Kier molecular flexibility index (Phi) is 6.36. The van der Waals surface area contributed by atoms with Gasteiger partial charge in [-0.25, -0.2) is 16.8 Å². The molecular formula is C21H27NO5S2. The lowest BCUT2D eigenvalue weighted by Gasteiger charge is -2.20. The van der Waals surface area contributed by atoms with Gasteiger partial charge in [0, 0.05) is 12.6 Å². The molecule has 29 heavy (non-hydrogen) atoms. The van der Waals surface area contributed by atoms with Crippen molar-refractivity contribution in [2.24, 2.45) is 0 Å². The molecule has 1 N–H and O–H groups in total. The SMILES string of the molecule is Cc1ccc(CN[C@H]2CS(=O)(=O)C[C@@H]2S(=O)(=O)c2ccc(OC(C)C)cc2)cc1. The highest BCUT2D eigenvalue weighted by molar-refractivity contribution is 7.96. The van der Waals surface area contributed by atoms with E-state index in [9.17, 15) is 16.8 Å². The summed E-state index contributed by atoms with van der Waals surface area (Å²) in [6.45, 7) is 6.17. The molecule has 1 saturated heterocycles. The number of aryl methyl sites for hydroxylation is 1. The number of benzene rings is 2. The first kappa shape index (κ1) is 21.8. The molecule has 3 rings (SSSR count). The smallest absolute Gasteiger partial charge is 0.183 e. The van der Waals surface area contributed by atoms with Crippen molar-refractivity contribution < 1.29 is 21.6 Å². The molecule has 0 amide bonds.